The molecule has 17 heavy (non-hydrogen) atoms. The fourth-order valence-electron chi connectivity index (χ4n) is 1.19. The first-order valence-corrected chi connectivity index (χ1v) is 5.47. The Morgan fingerprint density at radius 1 is 1.65 bits per heavy atom. The molecular formula is C11H13ClFNO3. The average Bonchev–Trinajstić information content (AvgIpc) is 2.36. The van der Waals surface area contributed by atoms with E-state index in [4.69, 9.17) is 11.6 Å². The third kappa shape index (κ3) is 3.87. The van der Waals surface area contributed by atoms with Crippen molar-refractivity contribution in [3.05, 3.63) is 29.6 Å². The van der Waals surface area contributed by atoms with E-state index in [1.807, 2.05) is 0 Å². The van der Waals surface area contributed by atoms with Gasteiger partial charge in [-0.05, 0) is 18.2 Å². The zero-order chi connectivity index (χ0) is 12.8. The van der Waals surface area contributed by atoms with E-state index in [2.05, 4.69) is 10.1 Å². The van der Waals surface area contributed by atoms with E-state index in [1.54, 1.807) is 0 Å². The fourth-order valence-corrected chi connectivity index (χ4v) is 1.30. The number of aliphatic hydroxyl groups is 1. The lowest BCUT2D eigenvalue weighted by Gasteiger charge is -2.11. The molecule has 0 aromatic heterocycles. The number of esters is 1. The van der Waals surface area contributed by atoms with Gasteiger partial charge in [-0.3, -0.25) is 0 Å². The number of hydrogen-bond acceptors (Lipinski definition) is 4. The van der Waals surface area contributed by atoms with Crippen LogP contribution in [-0.4, -0.2) is 36.7 Å². The molecule has 94 valence electrons. The second-order valence-corrected chi connectivity index (χ2v) is 3.68. The zero-order valence-electron chi connectivity index (χ0n) is 9.24. The van der Waals surface area contributed by atoms with Crippen molar-refractivity contribution in [2.75, 3.05) is 24.9 Å². The van der Waals surface area contributed by atoms with Crippen molar-refractivity contribution in [1.29, 1.82) is 0 Å². The zero-order valence-corrected chi connectivity index (χ0v) is 10.00. The lowest BCUT2D eigenvalue weighted by molar-refractivity contribution is 0.0595. The molecule has 0 aliphatic carbocycles. The van der Waals surface area contributed by atoms with E-state index in [0.717, 1.165) is 6.07 Å². The highest BCUT2D eigenvalue weighted by molar-refractivity contribution is 6.18. The smallest absolute Gasteiger partial charge is 0.340 e. The van der Waals surface area contributed by atoms with E-state index in [1.165, 1.54) is 19.2 Å². The number of aliphatic hydroxyl groups excluding tert-OH is 1. The van der Waals surface area contributed by atoms with Gasteiger partial charge in [0.2, 0.25) is 0 Å². The first-order valence-electron chi connectivity index (χ1n) is 4.94. The molecule has 6 heteroatoms. The molecule has 2 N–H and O–H groups in total. The van der Waals surface area contributed by atoms with Gasteiger partial charge in [-0.25, -0.2) is 9.18 Å². The molecule has 1 unspecified atom stereocenters. The van der Waals surface area contributed by atoms with Crippen LogP contribution in [0.15, 0.2) is 18.2 Å². The van der Waals surface area contributed by atoms with Gasteiger partial charge in [-0.2, -0.15) is 0 Å². The normalized spacial score (nSPS) is 12.0. The number of carbonyl (C=O) groups is 1. The topological polar surface area (TPSA) is 58.6 Å². The van der Waals surface area contributed by atoms with E-state index in [9.17, 15) is 14.3 Å². The Bertz CT molecular complexity index is 400. The van der Waals surface area contributed by atoms with Gasteiger partial charge >= 0.3 is 5.97 Å². The maximum atomic E-state index is 13.3. The maximum absolute atomic E-state index is 13.3. The summed E-state index contributed by atoms with van der Waals surface area (Å²) in [5.74, 6) is -1.30. The number of hydrogen-bond donors (Lipinski definition) is 2. The molecule has 4 nitrogen and oxygen atoms in total. The minimum atomic E-state index is -0.746. The Balaban J connectivity index is 2.78. The minimum Gasteiger partial charge on any atom is -0.465 e. The number of methoxy groups -OCH3 is 1. The highest BCUT2D eigenvalue weighted by Crippen LogP contribution is 2.15. The second-order valence-electron chi connectivity index (χ2n) is 3.38. The van der Waals surface area contributed by atoms with Crippen LogP contribution in [0, 0.1) is 5.82 Å². The summed E-state index contributed by atoms with van der Waals surface area (Å²) in [7, 11) is 1.18. The molecule has 0 aliphatic rings. The van der Waals surface area contributed by atoms with Crippen molar-refractivity contribution < 1.29 is 19.0 Å². The van der Waals surface area contributed by atoms with Crippen LogP contribution in [0.25, 0.3) is 0 Å². The standard InChI is InChI=1S/C11H13ClFNO3/c1-17-11(16)9-4-7(2-3-10(9)13)14-6-8(15)5-12/h2-4,8,14-15H,5-6H2,1H3. The Hall–Kier alpha value is -1.33. The Morgan fingerprint density at radius 2 is 2.35 bits per heavy atom. The van der Waals surface area contributed by atoms with Gasteiger partial charge in [0, 0.05) is 12.2 Å². The number of halogens is 2. The SMILES string of the molecule is COC(=O)c1cc(NCC(O)CCl)ccc1F. The van der Waals surface area contributed by atoms with Crippen LogP contribution in [0.3, 0.4) is 0 Å². The van der Waals surface area contributed by atoms with Crippen LogP contribution in [-0.2, 0) is 4.74 Å². The Morgan fingerprint density at radius 3 is 2.94 bits per heavy atom. The van der Waals surface area contributed by atoms with E-state index < -0.39 is 17.9 Å². The summed E-state index contributed by atoms with van der Waals surface area (Å²) in [6.07, 6.45) is -0.705. The summed E-state index contributed by atoms with van der Waals surface area (Å²) in [6.45, 7) is 0.218. The maximum Gasteiger partial charge on any atom is 0.340 e. The number of benzene rings is 1. The fraction of sp³-hybridized carbons (Fsp3) is 0.364. The molecule has 0 spiro atoms. The third-order valence-electron chi connectivity index (χ3n) is 2.09. The first kappa shape index (κ1) is 13.7. The van der Waals surface area contributed by atoms with E-state index >= 15 is 0 Å². The van der Waals surface area contributed by atoms with Crippen molar-refractivity contribution in [2.24, 2.45) is 0 Å². The van der Waals surface area contributed by atoms with Crippen molar-refractivity contribution in [3.8, 4) is 0 Å². The van der Waals surface area contributed by atoms with Gasteiger partial charge in [0.1, 0.15) is 5.82 Å². The molecule has 0 amide bonds. The lowest BCUT2D eigenvalue weighted by Crippen LogP contribution is -2.21. The summed E-state index contributed by atoms with van der Waals surface area (Å²) in [5, 5.41) is 12.1. The molecule has 0 radical (unpaired) electrons. The quantitative estimate of drug-likeness (QED) is 0.625. The van der Waals surface area contributed by atoms with Crippen LogP contribution < -0.4 is 5.32 Å². The number of alkyl halides is 1. The van der Waals surface area contributed by atoms with Crippen molar-refractivity contribution >= 4 is 23.3 Å². The van der Waals surface area contributed by atoms with Crippen LogP contribution in [0.4, 0.5) is 10.1 Å². The van der Waals surface area contributed by atoms with Gasteiger partial charge in [-0.1, -0.05) is 0 Å². The van der Waals surface area contributed by atoms with E-state index in [-0.39, 0.29) is 18.0 Å². The van der Waals surface area contributed by atoms with Crippen molar-refractivity contribution in [3.63, 3.8) is 0 Å². The average molecular weight is 262 g/mol. The van der Waals surface area contributed by atoms with Gasteiger partial charge in [0.25, 0.3) is 0 Å². The predicted octanol–water partition coefficient (Wildman–Crippen LogP) is 1.62. The Labute approximate surface area is 103 Å². The van der Waals surface area contributed by atoms with Crippen LogP contribution in [0.1, 0.15) is 10.4 Å². The summed E-state index contributed by atoms with van der Waals surface area (Å²) >= 11 is 5.42. The highest BCUT2D eigenvalue weighted by atomic mass is 35.5. The first-order chi connectivity index (χ1) is 8.08. The molecular weight excluding hydrogens is 249 g/mol. The molecule has 1 rings (SSSR count). The predicted molar refractivity (Wildman–Crippen MR) is 63.0 cm³/mol. The monoisotopic (exact) mass is 261 g/mol. The van der Waals surface area contributed by atoms with E-state index in [0.29, 0.717) is 5.69 Å². The van der Waals surface area contributed by atoms with Crippen LogP contribution in [0.2, 0.25) is 0 Å². The molecule has 0 aliphatic heterocycles. The lowest BCUT2D eigenvalue weighted by atomic mass is 10.2. The van der Waals surface area contributed by atoms with Gasteiger partial charge in [0.15, 0.2) is 0 Å². The molecule has 0 saturated carbocycles. The summed E-state index contributed by atoms with van der Waals surface area (Å²) in [4.78, 5) is 11.2. The summed E-state index contributed by atoms with van der Waals surface area (Å²) in [5.41, 5.74) is 0.355. The summed E-state index contributed by atoms with van der Waals surface area (Å²) in [6, 6.07) is 3.94. The number of ether oxygens (including phenoxy) is 1. The summed E-state index contributed by atoms with van der Waals surface area (Å²) < 4.78 is 17.7. The van der Waals surface area contributed by atoms with Gasteiger partial charge < -0.3 is 15.2 Å². The number of rotatable bonds is 5. The largest absolute Gasteiger partial charge is 0.465 e. The number of anilines is 1. The number of nitrogens with one attached hydrogen (secondary N) is 1. The van der Waals surface area contributed by atoms with Gasteiger partial charge in [-0.15, -0.1) is 11.6 Å². The molecule has 1 aromatic rings. The van der Waals surface area contributed by atoms with Crippen molar-refractivity contribution in [2.45, 2.75) is 6.10 Å². The van der Waals surface area contributed by atoms with Crippen LogP contribution in [0.5, 0.6) is 0 Å². The molecule has 0 saturated heterocycles. The molecule has 0 bridgehead atoms. The molecule has 1 aromatic carbocycles. The molecule has 0 fully saturated rings. The highest BCUT2D eigenvalue weighted by Gasteiger charge is 2.12. The molecule has 0 heterocycles. The van der Waals surface area contributed by atoms with Gasteiger partial charge in [0.05, 0.1) is 24.7 Å². The van der Waals surface area contributed by atoms with Crippen molar-refractivity contribution in [1.82, 2.24) is 0 Å². The molecule has 1 atom stereocenters. The number of carbonyl (C=O) groups excluding carboxylic acids is 1. The second kappa shape index (κ2) is 6.42. The van der Waals surface area contributed by atoms with Crippen LogP contribution >= 0.6 is 11.6 Å². The third-order valence-corrected chi connectivity index (χ3v) is 2.45. The minimum absolute atomic E-state index is 0.0953. The Kier molecular flexibility index (Phi) is 5.18.